The Bertz CT molecular complexity index is 451. The average Bonchev–Trinajstić information content (AvgIpc) is 2.47. The predicted octanol–water partition coefficient (Wildman–Crippen LogP) is 1.86. The van der Waals surface area contributed by atoms with Crippen molar-refractivity contribution in [3.05, 3.63) is 29.8 Å². The van der Waals surface area contributed by atoms with Crippen LogP contribution in [-0.4, -0.2) is 43.7 Å². The Labute approximate surface area is 120 Å². The molecule has 20 heavy (non-hydrogen) atoms. The summed E-state index contributed by atoms with van der Waals surface area (Å²) in [6.07, 6.45) is 0. The van der Waals surface area contributed by atoms with Gasteiger partial charge in [0.25, 0.3) is 0 Å². The minimum atomic E-state index is -0.0620. The fourth-order valence-electron chi connectivity index (χ4n) is 1.72. The van der Waals surface area contributed by atoms with Gasteiger partial charge in [-0.25, -0.2) is 0 Å². The average molecular weight is 275 g/mol. The van der Waals surface area contributed by atoms with Gasteiger partial charge in [-0.1, -0.05) is 6.92 Å². The number of nitriles is 1. The fourth-order valence-corrected chi connectivity index (χ4v) is 1.72. The van der Waals surface area contributed by atoms with E-state index < -0.39 is 0 Å². The molecular weight excluding hydrogens is 254 g/mol. The van der Waals surface area contributed by atoms with Crippen LogP contribution in [-0.2, 0) is 9.53 Å². The maximum atomic E-state index is 11.9. The van der Waals surface area contributed by atoms with Crippen molar-refractivity contribution in [1.82, 2.24) is 4.90 Å². The highest BCUT2D eigenvalue weighted by molar-refractivity contribution is 5.92. The standard InChI is InChI=1S/C15H21N3O2/c1-3-18(9-10-20-4-2)12-15(19)17-14-7-5-13(11-16)6-8-14/h5-8H,3-4,9-10,12H2,1-2H3,(H,17,19). The van der Waals surface area contributed by atoms with Gasteiger partial charge in [0.15, 0.2) is 0 Å². The van der Waals surface area contributed by atoms with Gasteiger partial charge in [0.05, 0.1) is 24.8 Å². The third kappa shape index (κ3) is 5.83. The first-order valence-corrected chi connectivity index (χ1v) is 6.79. The van der Waals surface area contributed by atoms with Crippen molar-refractivity contribution in [3.63, 3.8) is 0 Å². The van der Waals surface area contributed by atoms with Crippen molar-refractivity contribution in [2.75, 3.05) is 38.2 Å². The quantitative estimate of drug-likeness (QED) is 0.735. The van der Waals surface area contributed by atoms with E-state index in [4.69, 9.17) is 10.00 Å². The molecule has 0 aromatic heterocycles. The molecule has 0 aliphatic rings. The van der Waals surface area contributed by atoms with Crippen LogP contribution in [0.4, 0.5) is 5.69 Å². The largest absolute Gasteiger partial charge is 0.380 e. The molecule has 5 heteroatoms. The maximum Gasteiger partial charge on any atom is 0.238 e. The number of amides is 1. The summed E-state index contributed by atoms with van der Waals surface area (Å²) in [7, 11) is 0. The van der Waals surface area contributed by atoms with E-state index in [9.17, 15) is 4.79 Å². The van der Waals surface area contributed by atoms with E-state index in [0.717, 1.165) is 13.1 Å². The summed E-state index contributed by atoms with van der Waals surface area (Å²) in [5.74, 6) is -0.0620. The highest BCUT2D eigenvalue weighted by Crippen LogP contribution is 2.08. The monoisotopic (exact) mass is 275 g/mol. The summed E-state index contributed by atoms with van der Waals surface area (Å²) in [5.41, 5.74) is 1.28. The Balaban J connectivity index is 2.42. The first-order chi connectivity index (χ1) is 9.69. The van der Waals surface area contributed by atoms with Crippen LogP contribution in [0.1, 0.15) is 19.4 Å². The molecule has 0 bridgehead atoms. The third-order valence-corrected chi connectivity index (χ3v) is 2.87. The predicted molar refractivity (Wildman–Crippen MR) is 78.4 cm³/mol. The van der Waals surface area contributed by atoms with Gasteiger partial charge in [-0.2, -0.15) is 5.26 Å². The number of carbonyl (C=O) groups excluding carboxylic acids is 1. The van der Waals surface area contributed by atoms with Crippen molar-refractivity contribution < 1.29 is 9.53 Å². The summed E-state index contributed by atoms with van der Waals surface area (Å²) < 4.78 is 5.29. The minimum Gasteiger partial charge on any atom is -0.380 e. The van der Waals surface area contributed by atoms with E-state index in [1.54, 1.807) is 24.3 Å². The zero-order chi connectivity index (χ0) is 14.8. The van der Waals surface area contributed by atoms with Crippen LogP contribution < -0.4 is 5.32 Å². The number of rotatable bonds is 8. The van der Waals surface area contributed by atoms with Crippen LogP contribution in [0.3, 0.4) is 0 Å². The first-order valence-electron chi connectivity index (χ1n) is 6.79. The topological polar surface area (TPSA) is 65.4 Å². The molecule has 108 valence electrons. The minimum absolute atomic E-state index is 0.0620. The van der Waals surface area contributed by atoms with E-state index in [1.165, 1.54) is 0 Å². The van der Waals surface area contributed by atoms with E-state index in [2.05, 4.69) is 5.32 Å². The zero-order valence-corrected chi connectivity index (χ0v) is 12.1. The lowest BCUT2D eigenvalue weighted by Gasteiger charge is -2.19. The lowest BCUT2D eigenvalue weighted by Crippen LogP contribution is -2.35. The molecule has 0 saturated heterocycles. The zero-order valence-electron chi connectivity index (χ0n) is 12.1. The molecule has 0 spiro atoms. The second-order valence-corrected chi connectivity index (χ2v) is 4.30. The van der Waals surface area contributed by atoms with E-state index in [1.807, 2.05) is 24.8 Å². The Morgan fingerprint density at radius 1 is 1.35 bits per heavy atom. The van der Waals surface area contributed by atoms with Gasteiger partial charge in [-0.3, -0.25) is 9.69 Å². The molecule has 0 saturated carbocycles. The van der Waals surface area contributed by atoms with Gasteiger partial charge >= 0.3 is 0 Å². The molecule has 0 heterocycles. The number of nitrogens with one attached hydrogen (secondary N) is 1. The number of nitrogens with zero attached hydrogens (tertiary/aromatic N) is 2. The van der Waals surface area contributed by atoms with Gasteiger partial charge in [0.1, 0.15) is 0 Å². The van der Waals surface area contributed by atoms with Crippen molar-refractivity contribution in [3.8, 4) is 6.07 Å². The molecule has 1 N–H and O–H groups in total. The number of anilines is 1. The summed E-state index contributed by atoms with van der Waals surface area (Å²) >= 11 is 0. The molecule has 1 amide bonds. The van der Waals surface area contributed by atoms with Crippen LogP contribution in [0.5, 0.6) is 0 Å². The highest BCUT2D eigenvalue weighted by Gasteiger charge is 2.09. The number of likely N-dealkylation sites (N-methyl/N-ethyl adjacent to an activating group) is 1. The lowest BCUT2D eigenvalue weighted by molar-refractivity contribution is -0.117. The molecule has 0 aliphatic carbocycles. The first kappa shape index (κ1) is 16.2. The van der Waals surface area contributed by atoms with E-state index >= 15 is 0 Å². The Morgan fingerprint density at radius 2 is 2.05 bits per heavy atom. The lowest BCUT2D eigenvalue weighted by atomic mass is 10.2. The van der Waals surface area contributed by atoms with Crippen molar-refractivity contribution in [1.29, 1.82) is 5.26 Å². The van der Waals surface area contributed by atoms with Crippen LogP contribution in [0.25, 0.3) is 0 Å². The van der Waals surface area contributed by atoms with Gasteiger partial charge < -0.3 is 10.1 Å². The van der Waals surface area contributed by atoms with Crippen LogP contribution in [0.15, 0.2) is 24.3 Å². The highest BCUT2D eigenvalue weighted by atomic mass is 16.5. The van der Waals surface area contributed by atoms with Gasteiger partial charge in [-0.15, -0.1) is 0 Å². The summed E-state index contributed by atoms with van der Waals surface area (Å²) in [6.45, 7) is 7.17. The molecule has 0 fully saturated rings. The number of carbonyl (C=O) groups is 1. The van der Waals surface area contributed by atoms with Crippen molar-refractivity contribution in [2.45, 2.75) is 13.8 Å². The summed E-state index contributed by atoms with van der Waals surface area (Å²) in [6, 6.07) is 8.87. The third-order valence-electron chi connectivity index (χ3n) is 2.87. The number of hydrogen-bond acceptors (Lipinski definition) is 4. The van der Waals surface area contributed by atoms with E-state index in [-0.39, 0.29) is 5.91 Å². The molecule has 1 aromatic carbocycles. The second kappa shape index (κ2) is 9.08. The van der Waals surface area contributed by atoms with Gasteiger partial charge in [0.2, 0.25) is 5.91 Å². The Hall–Kier alpha value is -1.90. The maximum absolute atomic E-state index is 11.9. The van der Waals surface area contributed by atoms with Gasteiger partial charge in [-0.05, 0) is 37.7 Å². The van der Waals surface area contributed by atoms with Gasteiger partial charge in [0, 0.05) is 18.8 Å². The summed E-state index contributed by atoms with van der Waals surface area (Å²) in [4.78, 5) is 13.9. The normalized spacial score (nSPS) is 10.3. The Morgan fingerprint density at radius 3 is 2.60 bits per heavy atom. The van der Waals surface area contributed by atoms with E-state index in [0.29, 0.717) is 31.0 Å². The molecule has 5 nitrogen and oxygen atoms in total. The SMILES string of the molecule is CCOCCN(CC)CC(=O)Nc1ccc(C#N)cc1. The molecule has 0 radical (unpaired) electrons. The number of ether oxygens (including phenoxy) is 1. The molecule has 0 aliphatic heterocycles. The fraction of sp³-hybridized carbons (Fsp3) is 0.467. The molecule has 0 atom stereocenters. The molecule has 0 unspecified atom stereocenters. The summed E-state index contributed by atoms with van der Waals surface area (Å²) in [5, 5.41) is 11.5. The Kier molecular flexibility index (Phi) is 7.33. The number of benzene rings is 1. The van der Waals surface area contributed by atoms with Crippen molar-refractivity contribution >= 4 is 11.6 Å². The molecule has 1 rings (SSSR count). The van der Waals surface area contributed by atoms with Crippen molar-refractivity contribution in [2.24, 2.45) is 0 Å². The number of hydrogen-bond donors (Lipinski definition) is 1. The van der Waals surface area contributed by atoms with Crippen LogP contribution >= 0.6 is 0 Å². The molecule has 1 aromatic rings. The smallest absolute Gasteiger partial charge is 0.238 e. The second-order valence-electron chi connectivity index (χ2n) is 4.30. The van der Waals surface area contributed by atoms with Crippen LogP contribution in [0, 0.1) is 11.3 Å². The molecular formula is C15H21N3O2. The van der Waals surface area contributed by atoms with Crippen LogP contribution in [0.2, 0.25) is 0 Å².